The van der Waals surface area contributed by atoms with Crippen molar-refractivity contribution in [1.29, 1.82) is 0 Å². The molecule has 3 amide bonds. The molecule has 1 aromatic carbocycles. The van der Waals surface area contributed by atoms with E-state index in [0.717, 1.165) is 48.2 Å². The van der Waals surface area contributed by atoms with Crippen molar-refractivity contribution in [2.75, 3.05) is 44.4 Å². The third-order valence-electron chi connectivity index (χ3n) is 6.93. The summed E-state index contributed by atoms with van der Waals surface area (Å²) in [7, 11) is 7.05. The largest absolute Gasteiger partial charge is 0.452 e. The number of aryl methyl sites for hydroxylation is 1. The van der Waals surface area contributed by atoms with Crippen LogP contribution in [0.15, 0.2) is 42.4 Å². The number of carbonyl (C=O) groups is 3. The van der Waals surface area contributed by atoms with E-state index in [9.17, 15) is 14.4 Å². The molecule has 192 valence electrons. The lowest BCUT2D eigenvalue weighted by atomic mass is 9.95. The predicted octanol–water partition coefficient (Wildman–Crippen LogP) is 3.25. The monoisotopic (exact) mass is 502 g/mol. The molecular formula is C27H30N6O4. The minimum atomic E-state index is -0.368. The molecule has 0 bridgehead atoms. The molecule has 10 heteroatoms. The highest BCUT2D eigenvalue weighted by Crippen LogP contribution is 2.37. The number of anilines is 2. The van der Waals surface area contributed by atoms with E-state index in [0.29, 0.717) is 17.0 Å². The molecule has 37 heavy (non-hydrogen) atoms. The van der Waals surface area contributed by atoms with Crippen LogP contribution < -0.4 is 20.3 Å². The molecule has 1 fully saturated rings. The van der Waals surface area contributed by atoms with Gasteiger partial charge in [-0.25, -0.2) is 9.78 Å². The van der Waals surface area contributed by atoms with Gasteiger partial charge in [-0.3, -0.25) is 9.59 Å². The second-order valence-electron chi connectivity index (χ2n) is 9.57. The first-order valence-corrected chi connectivity index (χ1v) is 12.2. The molecule has 0 unspecified atom stereocenters. The Kier molecular flexibility index (Phi) is 6.32. The number of amides is 3. The first-order valence-electron chi connectivity index (χ1n) is 12.2. The van der Waals surface area contributed by atoms with Gasteiger partial charge in [0.05, 0.1) is 5.56 Å². The fourth-order valence-electron chi connectivity index (χ4n) is 5.03. The minimum Gasteiger partial charge on any atom is -0.452 e. The number of piperidine rings is 1. The molecule has 4 heterocycles. The highest BCUT2D eigenvalue weighted by atomic mass is 16.5. The lowest BCUT2D eigenvalue weighted by Crippen LogP contribution is -2.40. The van der Waals surface area contributed by atoms with Crippen LogP contribution in [0.3, 0.4) is 0 Å². The Morgan fingerprint density at radius 2 is 1.95 bits per heavy atom. The maximum atomic E-state index is 13.2. The van der Waals surface area contributed by atoms with Gasteiger partial charge < -0.3 is 29.7 Å². The van der Waals surface area contributed by atoms with E-state index < -0.39 is 0 Å². The Morgan fingerprint density at radius 1 is 1.19 bits per heavy atom. The van der Waals surface area contributed by atoms with Crippen LogP contribution in [0.25, 0.3) is 17.1 Å². The third-order valence-corrected chi connectivity index (χ3v) is 6.93. The van der Waals surface area contributed by atoms with Gasteiger partial charge in [0.25, 0.3) is 0 Å². The number of carbonyl (C=O) groups excluding carboxylic acids is 3. The van der Waals surface area contributed by atoms with Crippen molar-refractivity contribution in [1.82, 2.24) is 19.8 Å². The van der Waals surface area contributed by atoms with Crippen molar-refractivity contribution >= 4 is 46.2 Å². The first kappa shape index (κ1) is 24.4. The fraction of sp³-hybridized carbons (Fsp3) is 0.333. The van der Waals surface area contributed by atoms with Gasteiger partial charge in [-0.2, -0.15) is 0 Å². The van der Waals surface area contributed by atoms with Gasteiger partial charge in [-0.05, 0) is 43.2 Å². The average molecular weight is 503 g/mol. The van der Waals surface area contributed by atoms with Crippen LogP contribution in [0.2, 0.25) is 0 Å². The number of benzene rings is 1. The number of allylic oxidation sites excluding steroid dienone is 1. The molecular weight excluding hydrogens is 472 g/mol. The van der Waals surface area contributed by atoms with Crippen LogP contribution in [0.5, 0.6) is 5.75 Å². The van der Waals surface area contributed by atoms with Gasteiger partial charge in [0.2, 0.25) is 11.7 Å². The molecule has 0 atom stereocenters. The number of ether oxygens (including phenoxy) is 1. The zero-order chi connectivity index (χ0) is 26.3. The molecule has 3 aromatic rings. The Balaban J connectivity index is 1.45. The molecule has 0 saturated carbocycles. The summed E-state index contributed by atoms with van der Waals surface area (Å²) < 4.78 is 7.85. The molecule has 2 aliphatic rings. The van der Waals surface area contributed by atoms with Gasteiger partial charge in [-0.1, -0.05) is 0 Å². The second-order valence-corrected chi connectivity index (χ2v) is 9.57. The predicted molar refractivity (Wildman–Crippen MR) is 142 cm³/mol. The van der Waals surface area contributed by atoms with E-state index in [4.69, 9.17) is 4.74 Å². The first-order chi connectivity index (χ1) is 17.8. The molecule has 5 rings (SSSR count). The van der Waals surface area contributed by atoms with Crippen molar-refractivity contribution in [3.8, 4) is 5.75 Å². The second kappa shape index (κ2) is 9.61. The molecule has 2 aromatic heterocycles. The molecule has 0 aliphatic carbocycles. The van der Waals surface area contributed by atoms with Crippen LogP contribution >= 0.6 is 0 Å². The van der Waals surface area contributed by atoms with Gasteiger partial charge in [0.15, 0.2) is 5.76 Å². The van der Waals surface area contributed by atoms with Crippen LogP contribution in [0, 0.1) is 5.92 Å². The third kappa shape index (κ3) is 4.50. The number of Topliss-reactive ketones (excluding diaryl/α,β-unsaturated/α-hetero) is 1. The molecule has 1 saturated heterocycles. The summed E-state index contributed by atoms with van der Waals surface area (Å²) in [6.07, 6.45) is 7.05. The zero-order valence-corrected chi connectivity index (χ0v) is 21.4. The Hall–Kier alpha value is -4.34. The highest BCUT2D eigenvalue weighted by molar-refractivity contribution is 6.16. The summed E-state index contributed by atoms with van der Waals surface area (Å²) >= 11 is 0. The SMILES string of the molecule is CNC(=O)Nc1ccc2c(c1)C(=O)C(=Cc1cn(C)c3nccc(N4CCC(C(=O)N(C)C)CC4)c13)O2. The number of aromatic nitrogens is 2. The maximum absolute atomic E-state index is 13.2. The summed E-state index contributed by atoms with van der Waals surface area (Å²) in [4.78, 5) is 45.8. The van der Waals surface area contributed by atoms with Crippen LogP contribution in [0.1, 0.15) is 28.8 Å². The van der Waals surface area contributed by atoms with Crippen molar-refractivity contribution in [2.45, 2.75) is 12.8 Å². The normalized spacial score (nSPS) is 16.6. The number of hydrogen-bond donors (Lipinski definition) is 2. The van der Waals surface area contributed by atoms with E-state index in [-0.39, 0.29) is 29.4 Å². The van der Waals surface area contributed by atoms with E-state index in [2.05, 4.69) is 20.5 Å². The summed E-state index contributed by atoms with van der Waals surface area (Å²) in [6, 6.07) is 6.60. The highest BCUT2D eigenvalue weighted by Gasteiger charge is 2.30. The molecule has 0 spiro atoms. The fourth-order valence-corrected chi connectivity index (χ4v) is 5.03. The van der Waals surface area contributed by atoms with E-state index in [1.807, 2.05) is 23.9 Å². The van der Waals surface area contributed by atoms with Crippen LogP contribution in [-0.2, 0) is 11.8 Å². The van der Waals surface area contributed by atoms with Gasteiger partial charge >= 0.3 is 6.03 Å². The summed E-state index contributed by atoms with van der Waals surface area (Å²) in [5, 5.41) is 6.10. The smallest absolute Gasteiger partial charge is 0.318 e. The quantitative estimate of drug-likeness (QED) is 0.530. The lowest BCUT2D eigenvalue weighted by molar-refractivity contribution is -0.133. The number of nitrogens with zero attached hydrogens (tertiary/aromatic N) is 4. The Labute approximate surface area is 214 Å². The molecule has 2 aliphatic heterocycles. The van der Waals surface area contributed by atoms with Crippen LogP contribution in [-0.4, -0.2) is 66.4 Å². The van der Waals surface area contributed by atoms with E-state index in [1.165, 1.54) is 7.05 Å². The van der Waals surface area contributed by atoms with Crippen molar-refractivity contribution in [3.63, 3.8) is 0 Å². The number of ketones is 1. The van der Waals surface area contributed by atoms with Crippen molar-refractivity contribution < 1.29 is 19.1 Å². The standard InChI is InChI=1S/C27H30N6O4/c1-28-27(36)30-18-5-6-21-19(14-18)24(34)22(37-21)13-17-15-32(4)25-23(17)20(7-10-29-25)33-11-8-16(9-12-33)26(35)31(2)3/h5-7,10,13-16H,8-9,11-12H2,1-4H3,(H2,28,30,36). The number of nitrogens with one attached hydrogen (secondary N) is 2. The topological polar surface area (TPSA) is 109 Å². The number of pyridine rings is 1. The Morgan fingerprint density at radius 3 is 2.65 bits per heavy atom. The summed E-state index contributed by atoms with van der Waals surface area (Å²) in [5.74, 6) is 0.622. The average Bonchev–Trinajstić information content (AvgIpc) is 3.39. The lowest BCUT2D eigenvalue weighted by Gasteiger charge is -2.34. The van der Waals surface area contributed by atoms with Crippen LogP contribution in [0.4, 0.5) is 16.2 Å². The zero-order valence-electron chi connectivity index (χ0n) is 21.4. The van der Waals surface area contributed by atoms with Crippen molar-refractivity contribution in [2.24, 2.45) is 13.0 Å². The number of hydrogen-bond acceptors (Lipinski definition) is 6. The number of urea groups is 1. The molecule has 0 radical (unpaired) electrons. The minimum absolute atomic E-state index is 0.0340. The number of rotatable bonds is 4. The summed E-state index contributed by atoms with van der Waals surface area (Å²) in [6.45, 7) is 1.52. The molecule has 2 N–H and O–H groups in total. The van der Waals surface area contributed by atoms with E-state index in [1.54, 1.807) is 49.5 Å². The van der Waals surface area contributed by atoms with Gasteiger partial charge in [0.1, 0.15) is 11.4 Å². The number of fused-ring (bicyclic) bond motifs is 2. The van der Waals surface area contributed by atoms with Crippen molar-refractivity contribution in [3.05, 3.63) is 53.5 Å². The van der Waals surface area contributed by atoms with Gasteiger partial charge in [0, 0.05) is 81.9 Å². The Bertz CT molecular complexity index is 1430. The summed E-state index contributed by atoms with van der Waals surface area (Å²) in [5.41, 5.74) is 3.55. The maximum Gasteiger partial charge on any atom is 0.318 e. The molecule has 10 nitrogen and oxygen atoms in total. The van der Waals surface area contributed by atoms with E-state index >= 15 is 0 Å². The van der Waals surface area contributed by atoms with Gasteiger partial charge in [-0.15, -0.1) is 0 Å².